The smallest absolute Gasteiger partial charge is 0.386 e. The van der Waals surface area contributed by atoms with E-state index in [0.29, 0.717) is 6.07 Å². The summed E-state index contributed by atoms with van der Waals surface area (Å²) < 4.78 is 131. The molecule has 0 bridgehead atoms. The van der Waals surface area contributed by atoms with Gasteiger partial charge in [-0.15, -0.1) is 0 Å². The summed E-state index contributed by atoms with van der Waals surface area (Å²) in [6.07, 6.45) is -17.3. The third kappa shape index (κ3) is 4.23. The number of carbonyl (C=O) groups is 4. The second-order valence-electron chi connectivity index (χ2n) is 8.89. The molecule has 4 aromatic rings. The molecule has 0 saturated carbocycles. The predicted octanol–water partition coefficient (Wildman–Crippen LogP) is 3.32. The minimum Gasteiger partial charge on any atom is -0.386 e. The molecule has 0 saturated heterocycles. The fraction of sp³-hybridized carbons (Fsp3) is 0.167. The molecule has 228 valence electrons. The van der Waals surface area contributed by atoms with E-state index < -0.39 is 131 Å². The summed E-state index contributed by atoms with van der Waals surface area (Å²) >= 11 is 0. The van der Waals surface area contributed by atoms with Gasteiger partial charge >= 0.3 is 53.0 Å². The van der Waals surface area contributed by atoms with E-state index in [1.54, 1.807) is 0 Å². The molecule has 0 unspecified atom stereocenters. The van der Waals surface area contributed by atoms with Crippen molar-refractivity contribution in [2.75, 3.05) is 0 Å². The second-order valence-corrected chi connectivity index (χ2v) is 8.89. The summed E-state index contributed by atoms with van der Waals surface area (Å²) in [7, 11) is 0. The normalized spacial score (nSPS) is 15.1. The fourth-order valence-corrected chi connectivity index (χ4v) is 4.88. The van der Waals surface area contributed by atoms with Crippen LogP contribution in [0.3, 0.4) is 0 Å². The Labute approximate surface area is 229 Å². The topological polar surface area (TPSA) is 172 Å². The highest BCUT2D eigenvalue weighted by molar-refractivity contribution is 6.29. The van der Waals surface area contributed by atoms with Crippen molar-refractivity contribution in [1.82, 2.24) is 0 Å². The van der Waals surface area contributed by atoms with Crippen LogP contribution >= 0.6 is 0 Å². The van der Waals surface area contributed by atoms with E-state index in [9.17, 15) is 77.9 Å². The van der Waals surface area contributed by atoms with Crippen molar-refractivity contribution in [3.05, 3.63) is 86.7 Å². The molecule has 2 aliphatic rings. The van der Waals surface area contributed by atoms with Gasteiger partial charge in [0.1, 0.15) is 0 Å². The van der Waals surface area contributed by atoms with Gasteiger partial charge in [-0.2, -0.15) is 39.5 Å². The number of fused-ring (bicyclic) bond motifs is 4. The molecule has 6 rings (SSSR count). The predicted molar refractivity (Wildman–Crippen MR) is 118 cm³/mol. The first-order valence-electron chi connectivity index (χ1n) is 11.1. The zero-order valence-electron chi connectivity index (χ0n) is 20.2. The lowest BCUT2D eigenvalue weighted by Crippen LogP contribution is -2.23. The maximum absolute atomic E-state index is 13.3. The van der Waals surface area contributed by atoms with Crippen LogP contribution in [0.15, 0.2) is 34.1 Å². The zero-order valence-corrected chi connectivity index (χ0v) is 20.2. The molecule has 2 aromatic heterocycles. The number of cyclic esters (lactones) is 2. The molecular weight excluding hydrogens is 635 g/mol. The Morgan fingerprint density at radius 2 is 0.818 bits per heavy atom. The molecule has 3 heterocycles. The Hall–Kier alpha value is -5.43. The number of hydrogen-bond donors (Lipinski definition) is 0. The molecule has 1 aliphatic heterocycles. The molecule has 0 amide bonds. The zero-order chi connectivity index (χ0) is 33.0. The van der Waals surface area contributed by atoms with E-state index in [1.807, 2.05) is 0 Å². The van der Waals surface area contributed by atoms with Crippen LogP contribution in [0.5, 0.6) is 0 Å². The van der Waals surface area contributed by atoms with Crippen LogP contribution in [0.4, 0.5) is 39.5 Å². The molecule has 0 N–H and O–H groups in total. The van der Waals surface area contributed by atoms with Crippen LogP contribution in [0.25, 0.3) is 21.5 Å². The molecule has 0 fully saturated rings. The largest absolute Gasteiger partial charge is 0.418 e. The van der Waals surface area contributed by atoms with E-state index in [0.717, 1.165) is 0 Å². The number of benzene rings is 2. The van der Waals surface area contributed by atoms with Gasteiger partial charge in [0.2, 0.25) is 0 Å². The van der Waals surface area contributed by atoms with Crippen molar-refractivity contribution < 1.29 is 72.3 Å². The molecule has 0 atom stereocenters. The maximum atomic E-state index is 13.3. The van der Waals surface area contributed by atoms with Crippen LogP contribution in [0.1, 0.15) is 64.5 Å². The Kier molecular flexibility index (Phi) is 6.17. The third-order valence-electron chi connectivity index (χ3n) is 6.37. The summed E-state index contributed by atoms with van der Waals surface area (Å²) in [6, 6.07) is 0.695. The minimum atomic E-state index is -5.46. The highest BCUT2D eigenvalue weighted by Crippen LogP contribution is 2.49. The standard InChI is InChI=1S/C13H2F6O5.C11HF3O6/c14-12(15,16)8-4-2(20)1-3(21)5(4)9(13(17,18)19)7-6(8)10(22)24-11(7)23;12-11(13,14)6-4-2(7(15)19-9(4)17)1-3-5(6)10(18)20-8(3)16/h1H2;1H. The van der Waals surface area contributed by atoms with Gasteiger partial charge in [-0.25, -0.2) is 28.8 Å². The number of hydrogen-bond acceptors (Lipinski definition) is 11. The molecule has 44 heavy (non-hydrogen) atoms. The summed E-state index contributed by atoms with van der Waals surface area (Å²) in [6.45, 7) is 0. The summed E-state index contributed by atoms with van der Waals surface area (Å²) in [4.78, 5) is 91.7. The van der Waals surface area contributed by atoms with Gasteiger partial charge in [-0.3, -0.25) is 9.59 Å². The second kappa shape index (κ2) is 9.04. The average molecular weight is 638 g/mol. The van der Waals surface area contributed by atoms with Gasteiger partial charge in [0.25, 0.3) is 0 Å². The molecule has 0 spiro atoms. The van der Waals surface area contributed by atoms with Gasteiger partial charge in [-0.05, 0) is 6.07 Å². The van der Waals surface area contributed by atoms with E-state index in [-0.39, 0.29) is 0 Å². The Balaban J connectivity index is 0.000000177. The Morgan fingerprint density at radius 1 is 0.477 bits per heavy atom. The maximum Gasteiger partial charge on any atom is 0.418 e. The van der Waals surface area contributed by atoms with Crippen LogP contribution in [0.2, 0.25) is 0 Å². The molecule has 11 nitrogen and oxygen atoms in total. The summed E-state index contributed by atoms with van der Waals surface area (Å²) in [5.74, 6) is -6.93. The number of halogens is 9. The summed E-state index contributed by atoms with van der Waals surface area (Å²) in [5.41, 5.74) is -17.9. The van der Waals surface area contributed by atoms with Crippen LogP contribution < -0.4 is 22.5 Å². The lowest BCUT2D eigenvalue weighted by atomic mass is 9.87. The van der Waals surface area contributed by atoms with Gasteiger partial charge in [0.05, 0.1) is 55.8 Å². The number of ether oxygens (including phenoxy) is 1. The number of esters is 2. The molecule has 2 aromatic carbocycles. The first kappa shape index (κ1) is 30.0. The van der Waals surface area contributed by atoms with Gasteiger partial charge in [-0.1, -0.05) is 0 Å². The van der Waals surface area contributed by atoms with Crippen molar-refractivity contribution >= 4 is 45.0 Å². The quantitative estimate of drug-likeness (QED) is 0.157. The Bertz CT molecular complexity index is 2040. The number of Topliss-reactive ketones (excluding diaryl/α,β-unsaturated/α-hetero) is 2. The SMILES string of the molecule is O=C1CC(=O)c2c1c(C(F)(F)F)c1c(c2C(F)(F)F)C(=O)OC1=O.O=c1oc(=O)c2c(C(F)(F)F)c3c(=O)oc(=O)c3cc12. The van der Waals surface area contributed by atoms with Gasteiger partial charge in [0.15, 0.2) is 11.6 Å². The highest BCUT2D eigenvalue weighted by Gasteiger charge is 2.55. The molecular formula is C24H3F9O11. The molecule has 20 heteroatoms. The minimum absolute atomic E-state index is 0.695. The van der Waals surface area contributed by atoms with Crippen molar-refractivity contribution in [2.45, 2.75) is 24.9 Å². The van der Waals surface area contributed by atoms with E-state index in [4.69, 9.17) is 0 Å². The van der Waals surface area contributed by atoms with E-state index >= 15 is 0 Å². The van der Waals surface area contributed by atoms with E-state index in [2.05, 4.69) is 13.6 Å². The number of furan rings is 2. The van der Waals surface area contributed by atoms with Gasteiger partial charge in [0, 0.05) is 11.1 Å². The number of ketones is 2. The number of alkyl halides is 9. The van der Waals surface area contributed by atoms with Crippen LogP contribution in [-0.4, -0.2) is 23.5 Å². The Morgan fingerprint density at radius 3 is 1.14 bits per heavy atom. The van der Waals surface area contributed by atoms with E-state index in [1.165, 1.54) is 0 Å². The number of carbonyl (C=O) groups excluding carboxylic acids is 4. The number of rotatable bonds is 0. The van der Waals surface area contributed by atoms with Gasteiger partial charge < -0.3 is 13.6 Å². The van der Waals surface area contributed by atoms with Crippen LogP contribution in [-0.2, 0) is 23.3 Å². The van der Waals surface area contributed by atoms with Crippen molar-refractivity contribution in [1.29, 1.82) is 0 Å². The van der Waals surface area contributed by atoms with Crippen molar-refractivity contribution in [3.63, 3.8) is 0 Å². The molecule has 1 aliphatic carbocycles. The monoisotopic (exact) mass is 638 g/mol. The highest BCUT2D eigenvalue weighted by atomic mass is 19.4. The van der Waals surface area contributed by atoms with Crippen LogP contribution in [0, 0.1) is 0 Å². The fourth-order valence-electron chi connectivity index (χ4n) is 4.88. The third-order valence-corrected chi connectivity index (χ3v) is 6.37. The lowest BCUT2D eigenvalue weighted by molar-refractivity contribution is -0.142. The summed E-state index contributed by atoms with van der Waals surface area (Å²) in [5, 5.41) is -3.58. The van der Waals surface area contributed by atoms with Crippen molar-refractivity contribution in [2.24, 2.45) is 0 Å². The lowest BCUT2D eigenvalue weighted by Gasteiger charge is -2.18. The first-order valence-corrected chi connectivity index (χ1v) is 11.1. The average Bonchev–Trinajstić information content (AvgIpc) is 3.52. The first-order chi connectivity index (χ1) is 20.1. The van der Waals surface area contributed by atoms with Crippen molar-refractivity contribution in [3.8, 4) is 0 Å². The molecule has 0 radical (unpaired) electrons.